The summed E-state index contributed by atoms with van der Waals surface area (Å²) in [5, 5.41) is 6.58. The molecule has 0 aliphatic carbocycles. The zero-order chi connectivity index (χ0) is 13.4. The van der Waals surface area contributed by atoms with Crippen molar-refractivity contribution in [2.45, 2.75) is 13.0 Å². The number of methoxy groups -OCH3 is 1. The normalized spacial score (nSPS) is 12.2. The van der Waals surface area contributed by atoms with Gasteiger partial charge in [-0.15, -0.1) is 0 Å². The molecular formula is C13H19ClN2O2. The van der Waals surface area contributed by atoms with Gasteiger partial charge < -0.3 is 15.4 Å². The Morgan fingerprint density at radius 2 is 2.17 bits per heavy atom. The minimum absolute atomic E-state index is 0.0341. The molecule has 1 amide bonds. The van der Waals surface area contributed by atoms with Gasteiger partial charge in [-0.05, 0) is 18.6 Å². The largest absolute Gasteiger partial charge is 0.383 e. The zero-order valence-corrected chi connectivity index (χ0v) is 11.5. The van der Waals surface area contributed by atoms with Gasteiger partial charge in [-0.3, -0.25) is 4.79 Å². The van der Waals surface area contributed by atoms with Crippen LogP contribution in [0.2, 0.25) is 5.02 Å². The minimum Gasteiger partial charge on any atom is -0.383 e. The molecule has 1 aromatic carbocycles. The summed E-state index contributed by atoms with van der Waals surface area (Å²) >= 11 is 6.08. The molecule has 0 aliphatic rings. The van der Waals surface area contributed by atoms with Crippen molar-refractivity contribution in [2.24, 2.45) is 0 Å². The summed E-state index contributed by atoms with van der Waals surface area (Å²) in [4.78, 5) is 11.5. The van der Waals surface area contributed by atoms with Crippen LogP contribution in [0.25, 0.3) is 0 Å². The Morgan fingerprint density at radius 3 is 2.83 bits per heavy atom. The molecule has 1 atom stereocenters. The topological polar surface area (TPSA) is 50.4 Å². The molecule has 0 radical (unpaired) electrons. The number of halogens is 1. The summed E-state index contributed by atoms with van der Waals surface area (Å²) in [5.41, 5.74) is 0.990. The van der Waals surface area contributed by atoms with Gasteiger partial charge in [0.25, 0.3) is 0 Å². The molecule has 4 nitrogen and oxygen atoms in total. The lowest BCUT2D eigenvalue weighted by atomic mass is 10.1. The minimum atomic E-state index is -0.0500. The monoisotopic (exact) mass is 270 g/mol. The highest BCUT2D eigenvalue weighted by molar-refractivity contribution is 6.31. The van der Waals surface area contributed by atoms with Gasteiger partial charge in [-0.25, -0.2) is 0 Å². The van der Waals surface area contributed by atoms with Crippen molar-refractivity contribution in [1.82, 2.24) is 10.6 Å². The first-order valence-corrected chi connectivity index (χ1v) is 6.26. The van der Waals surface area contributed by atoms with Gasteiger partial charge in [0.05, 0.1) is 13.2 Å². The maximum atomic E-state index is 11.5. The van der Waals surface area contributed by atoms with Gasteiger partial charge in [-0.2, -0.15) is 0 Å². The quantitative estimate of drug-likeness (QED) is 0.743. The van der Waals surface area contributed by atoms with Crippen molar-refractivity contribution in [2.75, 3.05) is 26.8 Å². The number of nitrogens with one attached hydrogen (secondary N) is 2. The lowest BCUT2D eigenvalue weighted by Crippen LogP contribution is -2.36. The highest BCUT2D eigenvalue weighted by atomic mass is 35.5. The Bertz CT molecular complexity index is 385. The van der Waals surface area contributed by atoms with E-state index in [4.69, 9.17) is 16.3 Å². The number of rotatable bonds is 7. The van der Waals surface area contributed by atoms with Crippen LogP contribution in [0.4, 0.5) is 0 Å². The third-order valence-corrected chi connectivity index (χ3v) is 2.91. The van der Waals surface area contributed by atoms with Crippen LogP contribution in [0.15, 0.2) is 24.3 Å². The van der Waals surface area contributed by atoms with E-state index in [-0.39, 0.29) is 18.5 Å². The Kier molecular flexibility index (Phi) is 6.72. The number of hydrogen-bond acceptors (Lipinski definition) is 3. The average molecular weight is 271 g/mol. The molecule has 0 bridgehead atoms. The molecule has 1 rings (SSSR count). The van der Waals surface area contributed by atoms with Crippen molar-refractivity contribution in [3.63, 3.8) is 0 Å². The number of benzene rings is 1. The van der Waals surface area contributed by atoms with Crippen molar-refractivity contribution in [3.8, 4) is 0 Å². The Hall–Kier alpha value is -1.10. The van der Waals surface area contributed by atoms with E-state index in [2.05, 4.69) is 10.6 Å². The molecule has 0 aliphatic heterocycles. The fourth-order valence-corrected chi connectivity index (χ4v) is 1.84. The summed E-state index contributed by atoms with van der Waals surface area (Å²) in [6.07, 6.45) is 0. The third-order valence-electron chi connectivity index (χ3n) is 2.57. The van der Waals surface area contributed by atoms with Crippen molar-refractivity contribution < 1.29 is 9.53 Å². The van der Waals surface area contributed by atoms with E-state index in [1.807, 2.05) is 31.2 Å². The third kappa shape index (κ3) is 5.04. The highest BCUT2D eigenvalue weighted by Crippen LogP contribution is 2.21. The molecule has 1 aromatic rings. The smallest absolute Gasteiger partial charge is 0.234 e. The molecular weight excluding hydrogens is 252 g/mol. The summed E-state index contributed by atoms with van der Waals surface area (Å²) in [6, 6.07) is 7.64. The molecule has 0 spiro atoms. The van der Waals surface area contributed by atoms with Crippen LogP contribution < -0.4 is 10.6 Å². The number of ether oxygens (including phenoxy) is 1. The second-order valence-corrected chi connectivity index (χ2v) is 4.37. The van der Waals surface area contributed by atoms with E-state index >= 15 is 0 Å². The predicted octanol–water partition coefficient (Wildman–Crippen LogP) is 1.75. The number of amides is 1. The van der Waals surface area contributed by atoms with Gasteiger partial charge in [0.2, 0.25) is 5.91 Å². The summed E-state index contributed by atoms with van der Waals surface area (Å²) in [7, 11) is 1.60. The van der Waals surface area contributed by atoms with E-state index in [1.54, 1.807) is 7.11 Å². The van der Waals surface area contributed by atoms with Crippen LogP contribution in [-0.4, -0.2) is 32.7 Å². The molecule has 0 heterocycles. The van der Waals surface area contributed by atoms with Crippen molar-refractivity contribution >= 4 is 17.5 Å². The molecule has 0 saturated carbocycles. The molecule has 5 heteroatoms. The molecule has 0 saturated heterocycles. The Morgan fingerprint density at radius 1 is 1.44 bits per heavy atom. The van der Waals surface area contributed by atoms with Crippen LogP contribution in [-0.2, 0) is 9.53 Å². The average Bonchev–Trinajstić information content (AvgIpc) is 2.37. The predicted molar refractivity (Wildman–Crippen MR) is 72.8 cm³/mol. The van der Waals surface area contributed by atoms with Crippen molar-refractivity contribution in [3.05, 3.63) is 34.9 Å². The lowest BCUT2D eigenvalue weighted by molar-refractivity contribution is -0.120. The van der Waals surface area contributed by atoms with Gasteiger partial charge in [-0.1, -0.05) is 29.8 Å². The molecule has 18 heavy (non-hydrogen) atoms. The van der Waals surface area contributed by atoms with E-state index in [0.29, 0.717) is 18.2 Å². The van der Waals surface area contributed by atoms with Crippen LogP contribution in [0.3, 0.4) is 0 Å². The van der Waals surface area contributed by atoms with E-state index in [0.717, 1.165) is 5.56 Å². The molecule has 0 fully saturated rings. The van der Waals surface area contributed by atoms with E-state index in [9.17, 15) is 4.79 Å². The first kappa shape index (κ1) is 15.0. The molecule has 2 N–H and O–H groups in total. The maximum Gasteiger partial charge on any atom is 0.234 e. The number of hydrogen-bond donors (Lipinski definition) is 2. The highest BCUT2D eigenvalue weighted by Gasteiger charge is 2.09. The fraction of sp³-hybridized carbons (Fsp3) is 0.462. The fourth-order valence-electron chi connectivity index (χ4n) is 1.54. The molecule has 100 valence electrons. The number of carbonyl (C=O) groups is 1. The molecule has 0 aromatic heterocycles. The van der Waals surface area contributed by atoms with Gasteiger partial charge >= 0.3 is 0 Å². The standard InChI is InChI=1S/C13H19ClN2O2/c1-10(11-5-3-4-6-12(11)14)16-9-13(17)15-7-8-18-2/h3-6,10,16H,7-9H2,1-2H3,(H,15,17). The second kappa shape index (κ2) is 8.08. The maximum absolute atomic E-state index is 11.5. The SMILES string of the molecule is COCCNC(=O)CNC(C)c1ccccc1Cl. The second-order valence-electron chi connectivity index (χ2n) is 3.97. The lowest BCUT2D eigenvalue weighted by Gasteiger charge is -2.15. The van der Waals surface area contributed by atoms with E-state index in [1.165, 1.54) is 0 Å². The first-order chi connectivity index (χ1) is 8.65. The Balaban J connectivity index is 2.35. The number of carbonyl (C=O) groups excluding carboxylic acids is 1. The van der Waals surface area contributed by atoms with Gasteiger partial charge in [0, 0.05) is 24.7 Å². The van der Waals surface area contributed by atoms with Gasteiger partial charge in [0.1, 0.15) is 0 Å². The van der Waals surface area contributed by atoms with Crippen LogP contribution in [0, 0.1) is 0 Å². The molecule has 1 unspecified atom stereocenters. The van der Waals surface area contributed by atoms with E-state index < -0.39 is 0 Å². The van der Waals surface area contributed by atoms with Crippen LogP contribution in [0.1, 0.15) is 18.5 Å². The summed E-state index contributed by atoms with van der Waals surface area (Å²) in [6.45, 7) is 3.28. The van der Waals surface area contributed by atoms with Crippen LogP contribution in [0.5, 0.6) is 0 Å². The Labute approximate surface area is 113 Å². The first-order valence-electron chi connectivity index (χ1n) is 5.88. The van der Waals surface area contributed by atoms with Crippen LogP contribution >= 0.6 is 11.6 Å². The summed E-state index contributed by atoms with van der Waals surface area (Å²) < 4.78 is 4.85. The summed E-state index contributed by atoms with van der Waals surface area (Å²) in [5.74, 6) is -0.0500. The zero-order valence-electron chi connectivity index (χ0n) is 10.7. The van der Waals surface area contributed by atoms with Crippen molar-refractivity contribution in [1.29, 1.82) is 0 Å². The van der Waals surface area contributed by atoms with Gasteiger partial charge in [0.15, 0.2) is 0 Å².